The Bertz CT molecular complexity index is 501. The molecule has 1 saturated heterocycles. The van der Waals surface area contributed by atoms with E-state index in [0.717, 1.165) is 13.1 Å². The van der Waals surface area contributed by atoms with Gasteiger partial charge in [-0.2, -0.15) is 0 Å². The van der Waals surface area contributed by atoms with Crippen LogP contribution >= 0.6 is 0 Å². The molecule has 0 radical (unpaired) electrons. The Morgan fingerprint density at radius 1 is 1.23 bits per heavy atom. The van der Waals surface area contributed by atoms with Gasteiger partial charge < -0.3 is 15.3 Å². The van der Waals surface area contributed by atoms with E-state index >= 15 is 0 Å². The molecule has 152 valence electrons. The van der Waals surface area contributed by atoms with Crippen molar-refractivity contribution < 1.29 is 19.5 Å². The average molecular weight is 371 g/mol. The minimum Gasteiger partial charge on any atom is -0.483 e. The number of likely N-dealkylation sites (tertiary alicyclic amines) is 1. The summed E-state index contributed by atoms with van der Waals surface area (Å²) in [5.74, 6) is 0.479. The number of nitrogens with zero attached hydrogens (tertiary/aromatic N) is 1. The molecule has 6 heteroatoms. The third kappa shape index (κ3) is 7.75. The fourth-order valence-corrected chi connectivity index (χ4v) is 2.98. The maximum absolute atomic E-state index is 13.0. The number of amides is 2. The molecule has 1 heterocycles. The van der Waals surface area contributed by atoms with Crippen molar-refractivity contribution in [2.45, 2.75) is 74.8 Å². The lowest BCUT2D eigenvalue weighted by Crippen LogP contribution is -2.54. The van der Waals surface area contributed by atoms with E-state index in [9.17, 15) is 9.59 Å². The SMILES string of the molecule is CC1CN(C(=O)C(NC(=O)CC(C)(C)C)C(C)(C)C)CC1(C)C.O=CO. The van der Waals surface area contributed by atoms with Crippen LogP contribution in [0.3, 0.4) is 0 Å². The van der Waals surface area contributed by atoms with Crippen LogP contribution in [0.2, 0.25) is 0 Å². The second-order valence-corrected chi connectivity index (χ2v) is 10.3. The van der Waals surface area contributed by atoms with Crippen molar-refractivity contribution in [3.05, 3.63) is 0 Å². The van der Waals surface area contributed by atoms with Crippen LogP contribution in [0.4, 0.5) is 0 Å². The van der Waals surface area contributed by atoms with Gasteiger partial charge in [-0.05, 0) is 22.2 Å². The first-order chi connectivity index (χ1) is 11.5. The normalized spacial score (nSPS) is 20.7. The van der Waals surface area contributed by atoms with Crippen LogP contribution in [-0.4, -0.2) is 47.4 Å². The topological polar surface area (TPSA) is 86.7 Å². The number of rotatable bonds is 3. The Kier molecular flexibility index (Phi) is 8.33. The average Bonchev–Trinajstić information content (AvgIpc) is 2.67. The Labute approximate surface area is 158 Å². The van der Waals surface area contributed by atoms with E-state index in [0.29, 0.717) is 12.3 Å². The van der Waals surface area contributed by atoms with Gasteiger partial charge in [0.1, 0.15) is 6.04 Å². The van der Waals surface area contributed by atoms with Crippen molar-refractivity contribution in [3.8, 4) is 0 Å². The van der Waals surface area contributed by atoms with Gasteiger partial charge in [0.2, 0.25) is 11.8 Å². The first-order valence-corrected chi connectivity index (χ1v) is 9.21. The minimum absolute atomic E-state index is 0.0442. The second-order valence-electron chi connectivity index (χ2n) is 10.3. The Morgan fingerprint density at radius 3 is 2.00 bits per heavy atom. The van der Waals surface area contributed by atoms with E-state index in [1.54, 1.807) is 0 Å². The predicted octanol–water partition coefficient (Wildman–Crippen LogP) is 3.16. The van der Waals surface area contributed by atoms with Gasteiger partial charge in [0, 0.05) is 19.5 Å². The molecule has 1 fully saturated rings. The van der Waals surface area contributed by atoms with E-state index in [4.69, 9.17) is 9.90 Å². The molecule has 2 N–H and O–H groups in total. The maximum Gasteiger partial charge on any atom is 0.290 e. The summed E-state index contributed by atoms with van der Waals surface area (Å²) in [4.78, 5) is 35.7. The number of carboxylic acid groups (broad SMARTS) is 1. The lowest BCUT2D eigenvalue weighted by Gasteiger charge is -2.34. The minimum atomic E-state index is -0.474. The molecule has 0 aromatic rings. The number of nitrogens with one attached hydrogen (secondary N) is 1. The third-order valence-electron chi connectivity index (χ3n) is 4.85. The molecule has 1 aliphatic heterocycles. The lowest BCUT2D eigenvalue weighted by molar-refractivity contribution is -0.139. The fourth-order valence-electron chi connectivity index (χ4n) is 2.98. The number of carbonyl (C=O) groups excluding carboxylic acids is 2. The van der Waals surface area contributed by atoms with Gasteiger partial charge in [0.15, 0.2) is 0 Å². The van der Waals surface area contributed by atoms with Gasteiger partial charge >= 0.3 is 0 Å². The summed E-state index contributed by atoms with van der Waals surface area (Å²) in [7, 11) is 0. The quantitative estimate of drug-likeness (QED) is 0.747. The van der Waals surface area contributed by atoms with Gasteiger partial charge in [0.25, 0.3) is 6.47 Å². The van der Waals surface area contributed by atoms with Crippen molar-refractivity contribution in [2.75, 3.05) is 13.1 Å². The molecule has 2 unspecified atom stereocenters. The van der Waals surface area contributed by atoms with Crippen LogP contribution in [0.1, 0.15) is 68.7 Å². The lowest BCUT2D eigenvalue weighted by atomic mass is 9.83. The molecule has 2 amide bonds. The number of carbonyl (C=O) groups is 3. The van der Waals surface area contributed by atoms with Gasteiger partial charge in [-0.15, -0.1) is 0 Å². The molecule has 2 atom stereocenters. The predicted molar refractivity (Wildman–Crippen MR) is 104 cm³/mol. The summed E-state index contributed by atoms with van der Waals surface area (Å²) in [6.45, 7) is 20.0. The van der Waals surface area contributed by atoms with Crippen LogP contribution in [0.5, 0.6) is 0 Å². The van der Waals surface area contributed by atoms with Crippen LogP contribution in [0, 0.1) is 22.2 Å². The van der Waals surface area contributed by atoms with Crippen molar-refractivity contribution in [1.29, 1.82) is 0 Å². The highest BCUT2D eigenvalue weighted by atomic mass is 16.3. The molecule has 1 aliphatic rings. The standard InChI is InChI=1S/C19H36N2O2.CH2O2/c1-13-11-21(12-19(13,8)9)16(23)15(18(5,6)7)20-14(22)10-17(2,3)4;2-1-3/h13,15H,10-12H2,1-9H3,(H,20,22);1H,(H,2,3). The van der Waals surface area contributed by atoms with Gasteiger partial charge in [-0.3, -0.25) is 14.4 Å². The summed E-state index contributed by atoms with van der Waals surface area (Å²) in [6.07, 6.45) is 0.425. The van der Waals surface area contributed by atoms with Crippen LogP contribution < -0.4 is 5.32 Å². The second kappa shape index (κ2) is 8.87. The molecule has 6 nitrogen and oxygen atoms in total. The molecule has 1 rings (SSSR count). The first kappa shape index (κ1) is 24.4. The van der Waals surface area contributed by atoms with Gasteiger partial charge in [0.05, 0.1) is 0 Å². The Hall–Kier alpha value is -1.59. The van der Waals surface area contributed by atoms with E-state index in [1.165, 1.54) is 0 Å². The monoisotopic (exact) mass is 370 g/mol. The van der Waals surface area contributed by atoms with Crippen LogP contribution in [0.15, 0.2) is 0 Å². The molecule has 0 aromatic heterocycles. The maximum atomic E-state index is 13.0. The molecular weight excluding hydrogens is 332 g/mol. The van der Waals surface area contributed by atoms with Crippen molar-refractivity contribution in [3.63, 3.8) is 0 Å². The van der Waals surface area contributed by atoms with Crippen LogP contribution in [0.25, 0.3) is 0 Å². The summed E-state index contributed by atoms with van der Waals surface area (Å²) >= 11 is 0. The fraction of sp³-hybridized carbons (Fsp3) is 0.850. The highest BCUT2D eigenvalue weighted by Gasteiger charge is 2.43. The Balaban J connectivity index is 0.00000194. The molecular formula is C20H38N2O4. The van der Waals surface area contributed by atoms with Crippen molar-refractivity contribution in [1.82, 2.24) is 10.2 Å². The van der Waals surface area contributed by atoms with Gasteiger partial charge in [-0.25, -0.2) is 0 Å². The summed E-state index contributed by atoms with van der Waals surface area (Å²) in [5.41, 5.74) is -0.256. The molecule has 26 heavy (non-hydrogen) atoms. The zero-order chi connectivity index (χ0) is 20.9. The number of hydrogen-bond donors (Lipinski definition) is 2. The van der Waals surface area contributed by atoms with Crippen molar-refractivity contribution >= 4 is 18.3 Å². The molecule has 0 bridgehead atoms. The van der Waals surface area contributed by atoms with Crippen LogP contribution in [-0.2, 0) is 14.4 Å². The summed E-state index contributed by atoms with van der Waals surface area (Å²) < 4.78 is 0. The van der Waals surface area contributed by atoms with Crippen molar-refractivity contribution in [2.24, 2.45) is 22.2 Å². The summed E-state index contributed by atoms with van der Waals surface area (Å²) in [6, 6.07) is -0.474. The molecule has 0 aliphatic carbocycles. The first-order valence-electron chi connectivity index (χ1n) is 9.21. The van der Waals surface area contributed by atoms with E-state index < -0.39 is 6.04 Å². The molecule has 0 saturated carbocycles. The number of hydrogen-bond acceptors (Lipinski definition) is 3. The Morgan fingerprint density at radius 2 is 1.69 bits per heavy atom. The zero-order valence-electron chi connectivity index (χ0n) is 18.0. The molecule has 0 aromatic carbocycles. The van der Waals surface area contributed by atoms with E-state index in [1.807, 2.05) is 46.4 Å². The third-order valence-corrected chi connectivity index (χ3v) is 4.85. The van der Waals surface area contributed by atoms with E-state index in [-0.39, 0.29) is 34.5 Å². The smallest absolute Gasteiger partial charge is 0.290 e. The molecule has 0 spiro atoms. The highest BCUT2D eigenvalue weighted by Crippen LogP contribution is 2.36. The van der Waals surface area contributed by atoms with Gasteiger partial charge in [-0.1, -0.05) is 62.3 Å². The largest absolute Gasteiger partial charge is 0.483 e. The van der Waals surface area contributed by atoms with E-state index in [2.05, 4.69) is 26.1 Å². The zero-order valence-corrected chi connectivity index (χ0v) is 18.0. The highest BCUT2D eigenvalue weighted by molar-refractivity contribution is 5.88. The summed E-state index contributed by atoms with van der Waals surface area (Å²) in [5, 5.41) is 9.89.